The highest BCUT2D eigenvalue weighted by molar-refractivity contribution is 5.77. The summed E-state index contributed by atoms with van der Waals surface area (Å²) in [6.07, 6.45) is 4.08. The molecule has 16 heavy (non-hydrogen) atoms. The van der Waals surface area contributed by atoms with Gasteiger partial charge < -0.3 is 10.1 Å². The first-order chi connectivity index (χ1) is 7.64. The van der Waals surface area contributed by atoms with Gasteiger partial charge in [0, 0.05) is 6.54 Å². The van der Waals surface area contributed by atoms with Crippen LogP contribution in [0.15, 0.2) is 0 Å². The Morgan fingerprint density at radius 2 is 2.25 bits per heavy atom. The largest absolute Gasteiger partial charge is 0.465 e. The summed E-state index contributed by atoms with van der Waals surface area (Å²) in [5.74, 6) is 0.486. The Labute approximate surface area is 98.9 Å². The second-order valence-corrected chi connectivity index (χ2v) is 5.05. The molecule has 1 fully saturated rings. The van der Waals surface area contributed by atoms with Crippen LogP contribution < -0.4 is 5.32 Å². The Morgan fingerprint density at radius 3 is 2.75 bits per heavy atom. The molecular weight excluding hydrogens is 202 g/mol. The van der Waals surface area contributed by atoms with Gasteiger partial charge in [-0.1, -0.05) is 27.2 Å². The highest BCUT2D eigenvalue weighted by Gasteiger charge is 2.40. The Hall–Kier alpha value is -0.570. The van der Waals surface area contributed by atoms with Crippen molar-refractivity contribution >= 4 is 5.97 Å². The quantitative estimate of drug-likeness (QED) is 0.708. The summed E-state index contributed by atoms with van der Waals surface area (Å²) in [5.41, 5.74) is -0.244. The molecule has 94 valence electrons. The van der Waals surface area contributed by atoms with Gasteiger partial charge in [-0.15, -0.1) is 0 Å². The van der Waals surface area contributed by atoms with Crippen molar-refractivity contribution in [2.75, 3.05) is 19.7 Å². The fourth-order valence-electron chi connectivity index (χ4n) is 2.31. The first kappa shape index (κ1) is 13.5. The minimum atomic E-state index is -0.244. The van der Waals surface area contributed by atoms with E-state index in [1.807, 2.05) is 0 Å². The van der Waals surface area contributed by atoms with Crippen LogP contribution in [0.2, 0.25) is 0 Å². The maximum absolute atomic E-state index is 12.0. The average Bonchev–Trinajstić information content (AvgIpc) is 2.76. The molecule has 0 aromatic heterocycles. The summed E-state index contributed by atoms with van der Waals surface area (Å²) in [5, 5.41) is 3.26. The SMILES string of the molecule is CCCC(C)COC(=O)C1(CC)CCNC1. The molecule has 2 atom stereocenters. The zero-order chi connectivity index (χ0) is 12.0. The van der Waals surface area contributed by atoms with Crippen LogP contribution in [0.3, 0.4) is 0 Å². The number of nitrogens with one attached hydrogen (secondary N) is 1. The predicted octanol–water partition coefficient (Wildman–Crippen LogP) is 2.36. The standard InChI is InChI=1S/C13H25NO2/c1-4-6-11(3)9-16-12(15)13(5-2)7-8-14-10-13/h11,14H,4-10H2,1-3H3. The van der Waals surface area contributed by atoms with E-state index >= 15 is 0 Å². The maximum atomic E-state index is 12.0. The molecular formula is C13H25NO2. The Balaban J connectivity index is 2.38. The van der Waals surface area contributed by atoms with Gasteiger partial charge in [0.25, 0.3) is 0 Å². The molecule has 1 saturated heterocycles. The lowest BCUT2D eigenvalue weighted by molar-refractivity contribution is -0.156. The first-order valence-electron chi connectivity index (χ1n) is 6.52. The summed E-state index contributed by atoms with van der Waals surface area (Å²) in [6.45, 7) is 8.67. The molecule has 3 heteroatoms. The van der Waals surface area contributed by atoms with Crippen LogP contribution in [0.4, 0.5) is 0 Å². The topological polar surface area (TPSA) is 38.3 Å². The molecule has 1 N–H and O–H groups in total. The molecule has 0 amide bonds. The van der Waals surface area contributed by atoms with Gasteiger partial charge in [-0.25, -0.2) is 0 Å². The van der Waals surface area contributed by atoms with Gasteiger partial charge in [-0.2, -0.15) is 0 Å². The van der Waals surface area contributed by atoms with Gasteiger partial charge in [0.05, 0.1) is 12.0 Å². The molecule has 1 aliphatic rings. The van der Waals surface area contributed by atoms with E-state index in [-0.39, 0.29) is 11.4 Å². The highest BCUT2D eigenvalue weighted by atomic mass is 16.5. The molecule has 3 nitrogen and oxygen atoms in total. The molecule has 1 heterocycles. The van der Waals surface area contributed by atoms with E-state index in [9.17, 15) is 4.79 Å². The zero-order valence-electron chi connectivity index (χ0n) is 10.8. The van der Waals surface area contributed by atoms with Crippen LogP contribution >= 0.6 is 0 Å². The third-order valence-corrected chi connectivity index (χ3v) is 3.63. The molecule has 1 aliphatic heterocycles. The predicted molar refractivity (Wildman–Crippen MR) is 65.2 cm³/mol. The molecule has 0 aromatic rings. The lowest BCUT2D eigenvalue weighted by Crippen LogP contribution is -2.35. The molecule has 0 radical (unpaired) electrons. The number of carbonyl (C=O) groups is 1. The number of ether oxygens (including phenoxy) is 1. The van der Waals surface area contributed by atoms with Crippen LogP contribution in [0.5, 0.6) is 0 Å². The van der Waals surface area contributed by atoms with Crippen LogP contribution in [0.25, 0.3) is 0 Å². The molecule has 1 rings (SSSR count). The van der Waals surface area contributed by atoms with Gasteiger partial charge in [-0.05, 0) is 31.7 Å². The second kappa shape index (κ2) is 6.24. The lowest BCUT2D eigenvalue weighted by atomic mass is 9.84. The zero-order valence-corrected chi connectivity index (χ0v) is 10.8. The van der Waals surface area contributed by atoms with E-state index in [2.05, 4.69) is 26.1 Å². The summed E-state index contributed by atoms with van der Waals surface area (Å²) in [6, 6.07) is 0. The van der Waals surface area contributed by atoms with Crippen molar-refractivity contribution in [2.45, 2.75) is 46.5 Å². The van der Waals surface area contributed by atoms with E-state index in [4.69, 9.17) is 4.74 Å². The van der Waals surface area contributed by atoms with E-state index in [1.54, 1.807) is 0 Å². The van der Waals surface area contributed by atoms with Crippen molar-refractivity contribution in [1.29, 1.82) is 0 Å². The Kier molecular flexibility index (Phi) is 5.26. The van der Waals surface area contributed by atoms with Gasteiger partial charge in [0.2, 0.25) is 0 Å². The summed E-state index contributed by atoms with van der Waals surface area (Å²) >= 11 is 0. The van der Waals surface area contributed by atoms with Crippen molar-refractivity contribution < 1.29 is 9.53 Å². The molecule has 0 bridgehead atoms. The van der Waals surface area contributed by atoms with Gasteiger partial charge >= 0.3 is 5.97 Å². The Morgan fingerprint density at radius 1 is 1.50 bits per heavy atom. The van der Waals surface area contributed by atoms with Crippen molar-refractivity contribution in [3.8, 4) is 0 Å². The second-order valence-electron chi connectivity index (χ2n) is 5.05. The fourth-order valence-corrected chi connectivity index (χ4v) is 2.31. The minimum Gasteiger partial charge on any atom is -0.465 e. The number of carbonyl (C=O) groups excluding carboxylic acids is 1. The third kappa shape index (κ3) is 3.21. The minimum absolute atomic E-state index is 0.00273. The van der Waals surface area contributed by atoms with E-state index in [1.165, 1.54) is 0 Å². The summed E-state index contributed by atoms with van der Waals surface area (Å²) in [4.78, 5) is 12.0. The van der Waals surface area contributed by atoms with Crippen LogP contribution in [0, 0.1) is 11.3 Å². The van der Waals surface area contributed by atoms with Crippen molar-refractivity contribution in [1.82, 2.24) is 5.32 Å². The number of esters is 1. The lowest BCUT2D eigenvalue weighted by Gasteiger charge is -2.25. The highest BCUT2D eigenvalue weighted by Crippen LogP contribution is 2.31. The van der Waals surface area contributed by atoms with Crippen LogP contribution in [-0.2, 0) is 9.53 Å². The molecule has 0 saturated carbocycles. The monoisotopic (exact) mass is 227 g/mol. The van der Waals surface area contributed by atoms with Crippen LogP contribution in [-0.4, -0.2) is 25.7 Å². The van der Waals surface area contributed by atoms with Crippen molar-refractivity contribution in [3.63, 3.8) is 0 Å². The third-order valence-electron chi connectivity index (χ3n) is 3.63. The Bertz CT molecular complexity index is 222. The van der Waals surface area contributed by atoms with Crippen molar-refractivity contribution in [3.05, 3.63) is 0 Å². The van der Waals surface area contributed by atoms with Gasteiger partial charge in [-0.3, -0.25) is 4.79 Å². The molecule has 0 aromatic carbocycles. The molecule has 0 aliphatic carbocycles. The smallest absolute Gasteiger partial charge is 0.313 e. The molecule has 2 unspecified atom stereocenters. The van der Waals surface area contributed by atoms with E-state index in [0.717, 1.165) is 38.8 Å². The summed E-state index contributed by atoms with van der Waals surface area (Å²) < 4.78 is 5.46. The normalized spacial score (nSPS) is 26.7. The van der Waals surface area contributed by atoms with Crippen LogP contribution in [0.1, 0.15) is 46.5 Å². The summed E-state index contributed by atoms with van der Waals surface area (Å²) in [7, 11) is 0. The van der Waals surface area contributed by atoms with Gasteiger partial charge in [0.15, 0.2) is 0 Å². The average molecular weight is 227 g/mol. The molecule has 0 spiro atoms. The maximum Gasteiger partial charge on any atom is 0.313 e. The number of hydrogen-bond donors (Lipinski definition) is 1. The first-order valence-corrected chi connectivity index (χ1v) is 6.52. The van der Waals surface area contributed by atoms with Gasteiger partial charge in [0.1, 0.15) is 0 Å². The van der Waals surface area contributed by atoms with Crippen molar-refractivity contribution in [2.24, 2.45) is 11.3 Å². The number of rotatable bonds is 6. The van der Waals surface area contributed by atoms with E-state index < -0.39 is 0 Å². The number of hydrogen-bond acceptors (Lipinski definition) is 3. The fraction of sp³-hybridized carbons (Fsp3) is 0.923. The van der Waals surface area contributed by atoms with E-state index in [0.29, 0.717) is 12.5 Å².